The third kappa shape index (κ3) is 10.6. The van der Waals surface area contributed by atoms with Crippen molar-refractivity contribution >= 4 is 45.6 Å². The van der Waals surface area contributed by atoms with E-state index in [4.69, 9.17) is 10.5 Å². The second-order valence-electron chi connectivity index (χ2n) is 9.27. The zero-order valence-electron chi connectivity index (χ0n) is 21.9. The molecule has 0 bridgehead atoms. The summed E-state index contributed by atoms with van der Waals surface area (Å²) in [5.74, 6) is -0.268. The number of nitrogens with zero attached hydrogens (tertiary/aromatic N) is 1. The van der Waals surface area contributed by atoms with Crippen molar-refractivity contribution in [2.45, 2.75) is 75.5 Å². The minimum atomic E-state index is -0.772. The molecule has 3 atom stereocenters. The molecule has 0 saturated heterocycles. The molecule has 0 saturated carbocycles. The Bertz CT molecular complexity index is 993. The lowest BCUT2D eigenvalue weighted by molar-refractivity contribution is -0.123. The number of rotatable bonds is 14. The van der Waals surface area contributed by atoms with Crippen LogP contribution in [0.2, 0.25) is 0 Å². The van der Waals surface area contributed by atoms with Crippen molar-refractivity contribution in [1.82, 2.24) is 14.9 Å². The minimum absolute atomic E-state index is 0.0328. The zero-order chi connectivity index (χ0) is 27.4. The fourth-order valence-electron chi connectivity index (χ4n) is 3.92. The molecule has 37 heavy (non-hydrogen) atoms. The largest absolute Gasteiger partial charge is 0.453 e. The molecular formula is C27H39BrN4O4S. The Labute approximate surface area is 233 Å². The standard InChI is InChI=1S/C27H39BrN4O4S/c1-18(2)32(37-23-14-12-21(29)13-15-23)22(17-33)10-7-8-19(3)30-26(34)25(31-27(35)36-4)16-20-9-5-6-11-24(20)28/h5-6,9,11-15,18-19,22,25,33H,7-8,10,16-17,29H2,1-4H3,(H,30,34)(H,31,35)/t19?,22?,25-/m0/s1. The molecule has 0 spiro atoms. The van der Waals surface area contributed by atoms with E-state index in [-0.39, 0.29) is 30.6 Å². The minimum Gasteiger partial charge on any atom is -0.453 e. The molecule has 2 aromatic carbocycles. The van der Waals surface area contributed by atoms with Crippen LogP contribution in [0.5, 0.6) is 0 Å². The summed E-state index contributed by atoms with van der Waals surface area (Å²) in [5.41, 5.74) is 7.43. The van der Waals surface area contributed by atoms with Gasteiger partial charge in [-0.2, -0.15) is 0 Å². The number of aliphatic hydroxyl groups is 1. The van der Waals surface area contributed by atoms with Gasteiger partial charge in [-0.05, 0) is 87.9 Å². The van der Waals surface area contributed by atoms with Crippen LogP contribution >= 0.6 is 27.9 Å². The lowest BCUT2D eigenvalue weighted by atomic mass is 10.0. The molecular weight excluding hydrogens is 556 g/mol. The number of hydrogen-bond acceptors (Lipinski definition) is 7. The molecule has 2 amide bonds. The molecule has 2 unspecified atom stereocenters. The van der Waals surface area contributed by atoms with Gasteiger partial charge in [0.15, 0.2) is 0 Å². The highest BCUT2D eigenvalue weighted by molar-refractivity contribution is 9.10. The lowest BCUT2D eigenvalue weighted by Gasteiger charge is -2.33. The SMILES string of the molecule is COC(=O)N[C@@H](Cc1ccccc1Br)C(=O)NC(C)CCCC(CO)N(Sc1ccc(N)cc1)C(C)C. The number of carbonyl (C=O) groups is 2. The molecule has 10 heteroatoms. The summed E-state index contributed by atoms with van der Waals surface area (Å²) >= 11 is 5.11. The van der Waals surface area contributed by atoms with E-state index in [2.05, 4.69) is 44.7 Å². The third-order valence-corrected chi connectivity index (χ3v) is 8.10. The van der Waals surface area contributed by atoms with Gasteiger partial charge in [-0.3, -0.25) is 4.79 Å². The third-order valence-electron chi connectivity index (χ3n) is 5.91. The summed E-state index contributed by atoms with van der Waals surface area (Å²) in [6, 6.07) is 14.6. The molecule has 0 aromatic heterocycles. The number of amides is 2. The van der Waals surface area contributed by atoms with Crippen LogP contribution in [0.1, 0.15) is 45.6 Å². The van der Waals surface area contributed by atoms with E-state index >= 15 is 0 Å². The van der Waals surface area contributed by atoms with Gasteiger partial charge >= 0.3 is 6.09 Å². The fourth-order valence-corrected chi connectivity index (χ4v) is 5.40. The van der Waals surface area contributed by atoms with E-state index in [1.165, 1.54) is 7.11 Å². The Balaban J connectivity index is 1.93. The Morgan fingerprint density at radius 3 is 2.35 bits per heavy atom. The lowest BCUT2D eigenvalue weighted by Crippen LogP contribution is -2.50. The Morgan fingerprint density at radius 1 is 1.08 bits per heavy atom. The summed E-state index contributed by atoms with van der Waals surface area (Å²) in [5, 5.41) is 15.8. The number of nitrogens with two attached hydrogens (primary N) is 1. The van der Waals surface area contributed by atoms with E-state index in [0.717, 1.165) is 39.9 Å². The van der Waals surface area contributed by atoms with Gasteiger partial charge in [0, 0.05) is 39.6 Å². The fraction of sp³-hybridized carbons (Fsp3) is 0.481. The first-order chi connectivity index (χ1) is 17.6. The number of carbonyl (C=O) groups excluding carboxylic acids is 2. The van der Waals surface area contributed by atoms with Gasteiger partial charge in [-0.15, -0.1) is 0 Å². The van der Waals surface area contributed by atoms with Crippen molar-refractivity contribution in [2.75, 3.05) is 19.5 Å². The van der Waals surface area contributed by atoms with Gasteiger partial charge in [0.1, 0.15) is 6.04 Å². The van der Waals surface area contributed by atoms with Crippen molar-refractivity contribution in [3.05, 3.63) is 58.6 Å². The first-order valence-corrected chi connectivity index (χ1v) is 14.0. The van der Waals surface area contributed by atoms with Gasteiger partial charge in [-0.25, -0.2) is 9.10 Å². The van der Waals surface area contributed by atoms with Crippen molar-refractivity contribution in [3.8, 4) is 0 Å². The van der Waals surface area contributed by atoms with E-state index in [1.54, 1.807) is 11.9 Å². The smallest absolute Gasteiger partial charge is 0.407 e. The highest BCUT2D eigenvalue weighted by Crippen LogP contribution is 2.29. The Morgan fingerprint density at radius 2 is 1.76 bits per heavy atom. The Kier molecular flexibility index (Phi) is 13.3. The van der Waals surface area contributed by atoms with Crippen LogP contribution in [0, 0.1) is 0 Å². The summed E-state index contributed by atoms with van der Waals surface area (Å²) in [7, 11) is 1.27. The van der Waals surface area contributed by atoms with E-state index in [9.17, 15) is 14.7 Å². The second kappa shape index (κ2) is 15.9. The highest BCUT2D eigenvalue weighted by Gasteiger charge is 2.25. The van der Waals surface area contributed by atoms with Gasteiger partial charge in [-0.1, -0.05) is 34.1 Å². The van der Waals surface area contributed by atoms with Crippen LogP contribution in [0.4, 0.5) is 10.5 Å². The predicted molar refractivity (Wildman–Crippen MR) is 153 cm³/mol. The maximum atomic E-state index is 13.0. The number of anilines is 1. The quantitative estimate of drug-likeness (QED) is 0.184. The Hall–Kier alpha value is -2.27. The molecule has 2 rings (SSSR count). The molecule has 204 valence electrons. The van der Waals surface area contributed by atoms with Crippen LogP contribution in [0.3, 0.4) is 0 Å². The number of hydrogen-bond donors (Lipinski definition) is 4. The van der Waals surface area contributed by atoms with E-state index in [1.807, 2.05) is 55.5 Å². The van der Waals surface area contributed by atoms with Crippen LogP contribution < -0.4 is 16.4 Å². The van der Waals surface area contributed by atoms with Crippen LogP contribution in [0.25, 0.3) is 0 Å². The molecule has 0 fully saturated rings. The summed E-state index contributed by atoms with van der Waals surface area (Å²) in [6.45, 7) is 6.20. The van der Waals surface area contributed by atoms with E-state index < -0.39 is 12.1 Å². The van der Waals surface area contributed by atoms with Crippen molar-refractivity contribution in [1.29, 1.82) is 0 Å². The van der Waals surface area contributed by atoms with Crippen molar-refractivity contribution in [3.63, 3.8) is 0 Å². The summed E-state index contributed by atoms with van der Waals surface area (Å²) < 4.78 is 7.80. The first kappa shape index (κ1) is 31.0. The van der Waals surface area contributed by atoms with Crippen molar-refractivity contribution < 1.29 is 19.4 Å². The molecule has 0 aliphatic heterocycles. The zero-order valence-corrected chi connectivity index (χ0v) is 24.3. The number of ether oxygens (including phenoxy) is 1. The van der Waals surface area contributed by atoms with Crippen LogP contribution in [-0.4, -0.2) is 59.3 Å². The molecule has 0 radical (unpaired) electrons. The predicted octanol–water partition coefficient (Wildman–Crippen LogP) is 4.75. The molecule has 0 heterocycles. The van der Waals surface area contributed by atoms with Crippen LogP contribution in [-0.2, 0) is 16.0 Å². The number of nitrogens with one attached hydrogen (secondary N) is 2. The number of halogens is 1. The van der Waals surface area contributed by atoms with Gasteiger partial charge < -0.3 is 26.2 Å². The molecule has 0 aliphatic carbocycles. The molecule has 0 aliphatic rings. The van der Waals surface area contributed by atoms with Gasteiger partial charge in [0.25, 0.3) is 0 Å². The van der Waals surface area contributed by atoms with Gasteiger partial charge in [0.2, 0.25) is 5.91 Å². The summed E-state index contributed by atoms with van der Waals surface area (Å²) in [6.07, 6.45) is 2.00. The second-order valence-corrected chi connectivity index (χ2v) is 11.2. The number of aliphatic hydroxyl groups excluding tert-OH is 1. The molecule has 5 N–H and O–H groups in total. The number of nitrogen functional groups attached to an aromatic ring is 1. The monoisotopic (exact) mass is 594 g/mol. The average molecular weight is 596 g/mol. The van der Waals surface area contributed by atoms with Crippen LogP contribution in [0.15, 0.2) is 57.9 Å². The molecule has 2 aromatic rings. The average Bonchev–Trinajstić information content (AvgIpc) is 2.87. The van der Waals surface area contributed by atoms with Crippen molar-refractivity contribution in [2.24, 2.45) is 0 Å². The van der Waals surface area contributed by atoms with Gasteiger partial charge in [0.05, 0.1) is 13.7 Å². The van der Waals surface area contributed by atoms with E-state index in [0.29, 0.717) is 6.42 Å². The molecule has 8 nitrogen and oxygen atoms in total. The summed E-state index contributed by atoms with van der Waals surface area (Å²) in [4.78, 5) is 26.0. The first-order valence-electron chi connectivity index (χ1n) is 12.5. The number of alkyl carbamates (subject to hydrolysis) is 1. The topological polar surface area (TPSA) is 117 Å². The maximum absolute atomic E-state index is 13.0. The number of methoxy groups -OCH3 is 1. The number of benzene rings is 2. The highest BCUT2D eigenvalue weighted by atomic mass is 79.9. The normalized spacial score (nSPS) is 13.7. The maximum Gasteiger partial charge on any atom is 0.407 e.